The molecule has 2 aromatic rings. The third kappa shape index (κ3) is 2.99. The number of aryl methyl sites for hydroxylation is 1. The maximum absolute atomic E-state index is 11.7. The summed E-state index contributed by atoms with van der Waals surface area (Å²) in [5, 5.41) is 13.9. The lowest BCUT2D eigenvalue weighted by Crippen LogP contribution is -2.44. The van der Waals surface area contributed by atoms with Crippen molar-refractivity contribution in [3.63, 3.8) is 0 Å². The molecular weight excluding hydrogens is 300 g/mol. The smallest absolute Gasteiger partial charge is 0.404 e. The van der Waals surface area contributed by atoms with E-state index >= 15 is 0 Å². The molecule has 1 aliphatic heterocycles. The third-order valence-electron chi connectivity index (χ3n) is 4.50. The van der Waals surface area contributed by atoms with Crippen LogP contribution in [0.2, 0.25) is 0 Å². The van der Waals surface area contributed by atoms with Crippen molar-refractivity contribution in [2.45, 2.75) is 19.8 Å². The number of H-pyrrole nitrogens is 1. The molecule has 0 atom stereocenters. The number of hydrogen-bond acceptors (Lipinski definition) is 5. The quantitative estimate of drug-likeness (QED) is 0.759. The molecule has 3 rings (SSSR count). The van der Waals surface area contributed by atoms with Crippen molar-refractivity contribution in [3.05, 3.63) is 16.6 Å². The van der Waals surface area contributed by atoms with Crippen LogP contribution < -0.4 is 15.8 Å². The Morgan fingerprint density at radius 1 is 1.48 bits per heavy atom. The molecule has 9 nitrogen and oxygen atoms in total. The van der Waals surface area contributed by atoms with E-state index in [1.54, 1.807) is 17.9 Å². The number of nitrogens with one attached hydrogen (secondary N) is 2. The lowest BCUT2D eigenvalue weighted by molar-refractivity contribution is 0.178. The van der Waals surface area contributed by atoms with Crippen molar-refractivity contribution in [2.24, 2.45) is 12.5 Å². The highest BCUT2D eigenvalue weighted by atomic mass is 16.4. The van der Waals surface area contributed by atoms with Crippen molar-refractivity contribution in [1.29, 1.82) is 0 Å². The Balaban J connectivity index is 1.73. The van der Waals surface area contributed by atoms with Gasteiger partial charge >= 0.3 is 6.09 Å². The standard InChI is InChI=1S/C14H20N6O3/c1-14(8-16-13(22)23)3-5-20(6-4-14)9-7-15-10-11(17-9)19(2)18-12(10)21/h7,16H,3-6,8H2,1-2H3,(H,18,21)(H,22,23). The molecule has 1 aliphatic rings. The first-order valence-corrected chi connectivity index (χ1v) is 7.51. The molecule has 0 unspecified atom stereocenters. The van der Waals surface area contributed by atoms with Gasteiger partial charge in [-0.1, -0.05) is 6.92 Å². The van der Waals surface area contributed by atoms with Gasteiger partial charge in [-0.05, 0) is 18.3 Å². The van der Waals surface area contributed by atoms with Crippen LogP contribution in [0, 0.1) is 5.41 Å². The number of rotatable bonds is 3. The van der Waals surface area contributed by atoms with Crippen LogP contribution in [0.15, 0.2) is 11.0 Å². The van der Waals surface area contributed by atoms with Crippen LogP contribution in [0.1, 0.15) is 19.8 Å². The minimum absolute atomic E-state index is 0.0483. The number of piperidine rings is 1. The molecule has 3 N–H and O–H groups in total. The predicted octanol–water partition coefficient (Wildman–Crippen LogP) is 0.531. The minimum Gasteiger partial charge on any atom is -0.465 e. The minimum atomic E-state index is -0.988. The van der Waals surface area contributed by atoms with Crippen LogP contribution in [0.5, 0.6) is 0 Å². The van der Waals surface area contributed by atoms with Gasteiger partial charge in [0.25, 0.3) is 5.56 Å². The Kier molecular flexibility index (Phi) is 3.70. The second-order valence-corrected chi connectivity index (χ2v) is 6.36. The van der Waals surface area contributed by atoms with Crippen molar-refractivity contribution >= 4 is 23.1 Å². The van der Waals surface area contributed by atoms with E-state index in [-0.39, 0.29) is 11.0 Å². The van der Waals surface area contributed by atoms with Crippen LogP contribution in [0.3, 0.4) is 0 Å². The number of carboxylic acid groups (broad SMARTS) is 1. The van der Waals surface area contributed by atoms with Gasteiger partial charge in [-0.25, -0.2) is 14.8 Å². The van der Waals surface area contributed by atoms with Crippen LogP contribution in [-0.2, 0) is 7.05 Å². The number of nitrogens with zero attached hydrogens (tertiary/aromatic N) is 4. The zero-order valence-corrected chi connectivity index (χ0v) is 13.2. The van der Waals surface area contributed by atoms with Crippen molar-refractivity contribution in [2.75, 3.05) is 24.5 Å². The Hall–Kier alpha value is -2.58. The van der Waals surface area contributed by atoms with E-state index in [4.69, 9.17) is 5.11 Å². The molecule has 0 aromatic carbocycles. The molecule has 2 aromatic heterocycles. The summed E-state index contributed by atoms with van der Waals surface area (Å²) >= 11 is 0. The lowest BCUT2D eigenvalue weighted by atomic mass is 9.80. The van der Waals surface area contributed by atoms with E-state index < -0.39 is 6.09 Å². The molecule has 0 radical (unpaired) electrons. The molecule has 23 heavy (non-hydrogen) atoms. The first-order chi connectivity index (χ1) is 10.9. The molecule has 1 fully saturated rings. The summed E-state index contributed by atoms with van der Waals surface area (Å²) in [6.45, 7) is 4.09. The summed E-state index contributed by atoms with van der Waals surface area (Å²) in [6, 6.07) is 0. The average molecular weight is 320 g/mol. The maximum Gasteiger partial charge on any atom is 0.404 e. The number of aromatic amines is 1. The lowest BCUT2D eigenvalue weighted by Gasteiger charge is -2.39. The number of fused-ring (bicyclic) bond motifs is 1. The van der Waals surface area contributed by atoms with E-state index in [1.165, 1.54) is 0 Å². The van der Waals surface area contributed by atoms with Gasteiger partial charge in [0, 0.05) is 26.7 Å². The van der Waals surface area contributed by atoms with Gasteiger partial charge in [-0.2, -0.15) is 0 Å². The first kappa shape index (κ1) is 15.3. The summed E-state index contributed by atoms with van der Waals surface area (Å²) in [4.78, 5) is 33.2. The fraction of sp³-hybridized carbons (Fsp3) is 0.571. The maximum atomic E-state index is 11.7. The Morgan fingerprint density at radius 2 is 2.17 bits per heavy atom. The highest BCUT2D eigenvalue weighted by Crippen LogP contribution is 2.31. The second-order valence-electron chi connectivity index (χ2n) is 6.36. The monoisotopic (exact) mass is 320 g/mol. The van der Waals surface area contributed by atoms with E-state index in [2.05, 4.69) is 32.2 Å². The molecule has 1 saturated heterocycles. The summed E-state index contributed by atoms with van der Waals surface area (Å²) in [5.74, 6) is 0.736. The Bertz CT molecular complexity index is 787. The van der Waals surface area contributed by atoms with Crippen LogP contribution in [0.4, 0.5) is 10.6 Å². The van der Waals surface area contributed by atoms with Crippen molar-refractivity contribution in [3.8, 4) is 0 Å². The van der Waals surface area contributed by atoms with Gasteiger partial charge in [-0.3, -0.25) is 14.6 Å². The van der Waals surface area contributed by atoms with Gasteiger partial charge in [0.1, 0.15) is 5.82 Å². The largest absolute Gasteiger partial charge is 0.465 e. The van der Waals surface area contributed by atoms with Crippen LogP contribution in [-0.4, -0.2) is 50.6 Å². The summed E-state index contributed by atoms with van der Waals surface area (Å²) in [7, 11) is 1.73. The van der Waals surface area contributed by atoms with Crippen molar-refractivity contribution in [1.82, 2.24) is 25.1 Å². The second kappa shape index (κ2) is 5.56. The topological polar surface area (TPSA) is 116 Å². The molecule has 9 heteroatoms. The van der Waals surface area contributed by atoms with Crippen LogP contribution in [0.25, 0.3) is 11.2 Å². The van der Waals surface area contributed by atoms with Gasteiger partial charge in [0.05, 0.1) is 6.20 Å². The molecule has 0 aliphatic carbocycles. The Morgan fingerprint density at radius 3 is 2.83 bits per heavy atom. The zero-order valence-electron chi connectivity index (χ0n) is 13.2. The molecule has 0 bridgehead atoms. The highest BCUT2D eigenvalue weighted by molar-refractivity contribution is 5.71. The molecule has 0 saturated carbocycles. The van der Waals surface area contributed by atoms with Gasteiger partial charge in [0.15, 0.2) is 11.2 Å². The fourth-order valence-electron chi connectivity index (χ4n) is 2.92. The fourth-order valence-corrected chi connectivity index (χ4v) is 2.92. The van der Waals surface area contributed by atoms with E-state index in [0.29, 0.717) is 17.7 Å². The Labute approximate surface area is 132 Å². The number of hydrogen-bond donors (Lipinski definition) is 3. The summed E-state index contributed by atoms with van der Waals surface area (Å²) in [5.41, 5.74) is 0.581. The molecular formula is C14H20N6O3. The molecule has 0 spiro atoms. The first-order valence-electron chi connectivity index (χ1n) is 7.51. The SMILES string of the molecule is Cn1[nH]c(=O)c2ncc(N3CCC(C)(CNC(=O)O)CC3)nc21. The third-order valence-corrected chi connectivity index (χ3v) is 4.50. The average Bonchev–Trinajstić information content (AvgIpc) is 2.81. The number of aromatic nitrogens is 4. The van der Waals surface area contributed by atoms with E-state index in [0.717, 1.165) is 31.7 Å². The summed E-state index contributed by atoms with van der Waals surface area (Å²) in [6.07, 6.45) is 2.35. The normalized spacial score (nSPS) is 17.4. The van der Waals surface area contributed by atoms with E-state index in [1.807, 2.05) is 0 Å². The zero-order chi connectivity index (χ0) is 16.6. The van der Waals surface area contributed by atoms with E-state index in [9.17, 15) is 9.59 Å². The van der Waals surface area contributed by atoms with Gasteiger partial charge in [-0.15, -0.1) is 0 Å². The number of carbonyl (C=O) groups is 1. The predicted molar refractivity (Wildman–Crippen MR) is 84.7 cm³/mol. The molecule has 124 valence electrons. The van der Waals surface area contributed by atoms with Crippen LogP contribution >= 0.6 is 0 Å². The van der Waals surface area contributed by atoms with Crippen molar-refractivity contribution < 1.29 is 9.90 Å². The highest BCUT2D eigenvalue weighted by Gasteiger charge is 2.31. The molecule has 3 heterocycles. The number of anilines is 1. The molecule has 1 amide bonds. The summed E-state index contributed by atoms with van der Waals surface area (Å²) < 4.78 is 1.57. The van der Waals surface area contributed by atoms with Gasteiger partial charge < -0.3 is 15.3 Å². The van der Waals surface area contributed by atoms with Gasteiger partial charge in [0.2, 0.25) is 0 Å². The number of amides is 1.